The van der Waals surface area contributed by atoms with Crippen LogP contribution in [0.15, 0.2) is 22.7 Å². The van der Waals surface area contributed by atoms with Crippen LogP contribution in [0.25, 0.3) is 0 Å². The van der Waals surface area contributed by atoms with Gasteiger partial charge in [0.1, 0.15) is 5.78 Å². The largest absolute Gasteiger partial charge is 0.298 e. The molecule has 3 heteroatoms. The van der Waals surface area contributed by atoms with Crippen molar-refractivity contribution in [3.8, 4) is 0 Å². The molecule has 0 saturated carbocycles. The van der Waals surface area contributed by atoms with Gasteiger partial charge in [-0.05, 0) is 31.0 Å². The Bertz CT molecular complexity index is 313. The number of hydrogen-bond donors (Lipinski definition) is 0. The minimum absolute atomic E-state index is 0.120. The van der Waals surface area contributed by atoms with Crippen LogP contribution >= 0.6 is 31.9 Å². The van der Waals surface area contributed by atoms with Gasteiger partial charge < -0.3 is 0 Å². The zero-order valence-corrected chi connectivity index (χ0v) is 10.6. The molecule has 13 heavy (non-hydrogen) atoms. The number of benzene rings is 1. The predicted octanol–water partition coefficient (Wildman–Crippen LogP) is 3.78. The third kappa shape index (κ3) is 2.41. The van der Waals surface area contributed by atoms with Gasteiger partial charge in [0.05, 0.1) is 4.83 Å². The standard InChI is InChI=1S/C10H10Br2O/c1-6-4-3-5-8(11)9(6)10(12)7(2)13/h3-5,10H,1-2H3. The Morgan fingerprint density at radius 3 is 2.54 bits per heavy atom. The monoisotopic (exact) mass is 304 g/mol. The van der Waals surface area contributed by atoms with Gasteiger partial charge in [-0.2, -0.15) is 0 Å². The van der Waals surface area contributed by atoms with E-state index < -0.39 is 0 Å². The smallest absolute Gasteiger partial charge is 0.147 e. The number of carbonyl (C=O) groups is 1. The van der Waals surface area contributed by atoms with Crippen molar-refractivity contribution in [1.82, 2.24) is 0 Å². The van der Waals surface area contributed by atoms with E-state index in [2.05, 4.69) is 31.9 Å². The van der Waals surface area contributed by atoms with Crippen LogP contribution in [-0.2, 0) is 4.79 Å². The number of alkyl halides is 1. The molecule has 70 valence electrons. The van der Waals surface area contributed by atoms with Crippen molar-refractivity contribution >= 4 is 37.6 Å². The Morgan fingerprint density at radius 1 is 1.46 bits per heavy atom. The van der Waals surface area contributed by atoms with Crippen molar-refractivity contribution in [2.45, 2.75) is 18.7 Å². The molecule has 1 rings (SSSR count). The summed E-state index contributed by atoms with van der Waals surface area (Å²) < 4.78 is 0.976. The highest BCUT2D eigenvalue weighted by atomic mass is 79.9. The molecule has 0 amide bonds. The molecule has 0 N–H and O–H groups in total. The summed E-state index contributed by atoms with van der Waals surface area (Å²) in [6, 6.07) is 5.90. The van der Waals surface area contributed by atoms with Crippen LogP contribution in [0.5, 0.6) is 0 Å². The second-order valence-electron chi connectivity index (χ2n) is 2.94. The Kier molecular flexibility index (Phi) is 3.68. The van der Waals surface area contributed by atoms with E-state index in [4.69, 9.17) is 0 Å². The fourth-order valence-electron chi connectivity index (χ4n) is 1.17. The molecule has 1 unspecified atom stereocenters. The lowest BCUT2D eigenvalue weighted by Crippen LogP contribution is -2.03. The normalized spacial score (nSPS) is 12.6. The van der Waals surface area contributed by atoms with Gasteiger partial charge in [0.15, 0.2) is 0 Å². The summed E-state index contributed by atoms with van der Waals surface area (Å²) in [5, 5.41) is 0. The lowest BCUT2D eigenvalue weighted by Gasteiger charge is -2.11. The lowest BCUT2D eigenvalue weighted by molar-refractivity contribution is -0.116. The van der Waals surface area contributed by atoms with E-state index >= 15 is 0 Å². The third-order valence-electron chi connectivity index (χ3n) is 1.88. The van der Waals surface area contributed by atoms with Gasteiger partial charge in [-0.1, -0.05) is 44.0 Å². The van der Waals surface area contributed by atoms with Crippen LogP contribution < -0.4 is 0 Å². The van der Waals surface area contributed by atoms with E-state index in [1.54, 1.807) is 6.92 Å². The summed E-state index contributed by atoms with van der Waals surface area (Å²) in [6.07, 6.45) is 0. The molecule has 0 spiro atoms. The molecule has 0 heterocycles. The van der Waals surface area contributed by atoms with Crippen molar-refractivity contribution in [1.29, 1.82) is 0 Å². The molecular weight excluding hydrogens is 296 g/mol. The maximum atomic E-state index is 11.2. The Labute approximate surface area is 94.8 Å². The minimum atomic E-state index is -0.205. The molecule has 0 radical (unpaired) electrons. The number of rotatable bonds is 2. The van der Waals surface area contributed by atoms with Gasteiger partial charge in [0.2, 0.25) is 0 Å². The quantitative estimate of drug-likeness (QED) is 0.760. The van der Waals surface area contributed by atoms with Gasteiger partial charge in [0.25, 0.3) is 0 Å². The van der Waals surface area contributed by atoms with Gasteiger partial charge in [-0.25, -0.2) is 0 Å². The van der Waals surface area contributed by atoms with E-state index in [1.807, 2.05) is 25.1 Å². The number of halogens is 2. The summed E-state index contributed by atoms with van der Waals surface area (Å²) >= 11 is 6.81. The van der Waals surface area contributed by atoms with E-state index in [9.17, 15) is 4.79 Å². The highest BCUT2D eigenvalue weighted by molar-refractivity contribution is 9.11. The van der Waals surface area contributed by atoms with E-state index in [0.717, 1.165) is 15.6 Å². The van der Waals surface area contributed by atoms with Gasteiger partial charge in [-0.3, -0.25) is 4.79 Å². The van der Waals surface area contributed by atoms with Crippen LogP contribution in [0, 0.1) is 6.92 Å². The fraction of sp³-hybridized carbons (Fsp3) is 0.300. The van der Waals surface area contributed by atoms with Crippen LogP contribution in [0.1, 0.15) is 22.9 Å². The third-order valence-corrected chi connectivity index (χ3v) is 3.68. The number of carbonyl (C=O) groups excluding carboxylic acids is 1. The molecule has 1 nitrogen and oxygen atoms in total. The average molecular weight is 306 g/mol. The first-order chi connectivity index (χ1) is 6.04. The average Bonchev–Trinajstić information content (AvgIpc) is 2.03. The Morgan fingerprint density at radius 2 is 2.08 bits per heavy atom. The van der Waals surface area contributed by atoms with E-state index in [-0.39, 0.29) is 10.6 Å². The summed E-state index contributed by atoms with van der Waals surface area (Å²) in [6.45, 7) is 3.58. The minimum Gasteiger partial charge on any atom is -0.298 e. The van der Waals surface area contributed by atoms with E-state index in [1.165, 1.54) is 0 Å². The van der Waals surface area contributed by atoms with Crippen molar-refractivity contribution in [3.63, 3.8) is 0 Å². The molecule has 0 saturated heterocycles. The highest BCUT2D eigenvalue weighted by Gasteiger charge is 2.17. The Hall–Kier alpha value is -0.150. The zero-order chi connectivity index (χ0) is 10.0. The van der Waals surface area contributed by atoms with Gasteiger partial charge in [-0.15, -0.1) is 0 Å². The molecule has 0 aromatic heterocycles. The molecule has 1 aromatic rings. The molecule has 1 aromatic carbocycles. The van der Waals surface area contributed by atoms with Crippen molar-refractivity contribution in [2.75, 3.05) is 0 Å². The SMILES string of the molecule is CC(=O)C(Br)c1c(C)cccc1Br. The second kappa shape index (κ2) is 4.38. The van der Waals surface area contributed by atoms with Gasteiger partial charge >= 0.3 is 0 Å². The first kappa shape index (κ1) is 10.9. The van der Waals surface area contributed by atoms with Crippen LogP contribution in [0.4, 0.5) is 0 Å². The maximum Gasteiger partial charge on any atom is 0.147 e. The maximum absolute atomic E-state index is 11.2. The van der Waals surface area contributed by atoms with Crippen LogP contribution in [0.2, 0.25) is 0 Å². The summed E-state index contributed by atoms with van der Waals surface area (Å²) in [5.74, 6) is 0.120. The number of hydrogen-bond acceptors (Lipinski definition) is 1. The molecule has 1 atom stereocenters. The highest BCUT2D eigenvalue weighted by Crippen LogP contribution is 2.32. The number of aryl methyl sites for hydroxylation is 1. The summed E-state index contributed by atoms with van der Waals surface area (Å²) in [4.78, 5) is 11.0. The van der Waals surface area contributed by atoms with Crippen LogP contribution in [-0.4, -0.2) is 5.78 Å². The first-order valence-electron chi connectivity index (χ1n) is 3.93. The number of Topliss-reactive ketones (excluding diaryl/α,β-unsaturated/α-hetero) is 1. The van der Waals surface area contributed by atoms with Gasteiger partial charge in [0, 0.05) is 4.47 Å². The number of ketones is 1. The zero-order valence-electron chi connectivity index (χ0n) is 7.47. The summed E-state index contributed by atoms with van der Waals surface area (Å²) in [7, 11) is 0. The Balaban J connectivity index is 3.20. The van der Waals surface area contributed by atoms with Crippen LogP contribution in [0.3, 0.4) is 0 Å². The van der Waals surface area contributed by atoms with Crippen molar-refractivity contribution in [2.24, 2.45) is 0 Å². The van der Waals surface area contributed by atoms with E-state index in [0.29, 0.717) is 0 Å². The molecular formula is C10H10Br2O. The van der Waals surface area contributed by atoms with Crippen molar-refractivity contribution < 1.29 is 4.79 Å². The molecule has 0 aliphatic carbocycles. The predicted molar refractivity (Wildman–Crippen MR) is 61.2 cm³/mol. The first-order valence-corrected chi connectivity index (χ1v) is 5.64. The lowest BCUT2D eigenvalue weighted by atomic mass is 10.0. The molecule has 0 fully saturated rings. The van der Waals surface area contributed by atoms with Crippen molar-refractivity contribution in [3.05, 3.63) is 33.8 Å². The fourth-order valence-corrected chi connectivity index (χ4v) is 2.78. The molecule has 0 bridgehead atoms. The topological polar surface area (TPSA) is 17.1 Å². The molecule has 0 aliphatic heterocycles. The molecule has 0 aliphatic rings. The summed E-state index contributed by atoms with van der Waals surface area (Å²) in [5.41, 5.74) is 2.14. The second-order valence-corrected chi connectivity index (χ2v) is 4.71.